The molecule has 15 nitrogen and oxygen atoms in total. The molecule has 0 radical (unpaired) electrons. The Morgan fingerprint density at radius 1 is 0.515 bits per heavy atom. The van der Waals surface area contributed by atoms with Crippen molar-refractivity contribution in [1.29, 1.82) is 0 Å². The summed E-state index contributed by atoms with van der Waals surface area (Å²) in [6.45, 7) is 5.59. The number of nitrogens with one attached hydrogen (secondary N) is 1. The Labute approximate surface area is 398 Å². The Morgan fingerprint density at radius 2 is 0.848 bits per heavy atom. The van der Waals surface area contributed by atoms with E-state index in [2.05, 4.69) is 26.1 Å². The van der Waals surface area contributed by atoms with Gasteiger partial charge in [0.25, 0.3) is 0 Å². The molecule has 1 fully saturated rings. The van der Waals surface area contributed by atoms with E-state index >= 15 is 0 Å². The first kappa shape index (κ1) is 62.3. The van der Waals surface area contributed by atoms with Crippen LogP contribution in [-0.2, 0) is 37.7 Å². The molecule has 0 unspecified atom stereocenters. The second-order valence-electron chi connectivity index (χ2n) is 19.0. The summed E-state index contributed by atoms with van der Waals surface area (Å²) in [6.07, 6.45) is 21.5. The standard InChI is InChI=1S/C50H96NO14P/c1-4-7-10-13-15-17-19-20-22-24-25-28-31-33-40(53)36-44(56)51-47-49(63-45(57)37-41(54)35-32-29-26-23-21-18-16-14-11-8-5-2)48(65-66(59,60)61)43(39-52)62-50(47)64-46(58)38-42(55)34-30-27-12-9-6-3/h40-43,47-50,52-55H,4-39H2,1-3H3,(H,51,56)(H2,59,60,61)/t40-,41-,42-,43-,47-,48-,49-,50-/m1/s1. The topological polar surface area (TPSA) is 239 Å². The molecule has 0 spiro atoms. The highest BCUT2D eigenvalue weighted by Crippen LogP contribution is 2.42. The van der Waals surface area contributed by atoms with Crippen LogP contribution >= 0.6 is 7.82 Å². The lowest BCUT2D eigenvalue weighted by Crippen LogP contribution is -2.66. The van der Waals surface area contributed by atoms with E-state index < -0.39 is 100 Å². The first-order valence-electron chi connectivity index (χ1n) is 26.5. The predicted octanol–water partition coefficient (Wildman–Crippen LogP) is 9.92. The number of aliphatic hydroxyl groups excluding tert-OH is 4. The zero-order valence-corrected chi connectivity index (χ0v) is 42.4. The molecule has 1 heterocycles. The van der Waals surface area contributed by atoms with Crippen molar-refractivity contribution >= 4 is 25.7 Å². The molecule has 1 rings (SSSR count). The number of carbonyl (C=O) groups excluding carboxylic acids is 3. The Morgan fingerprint density at radius 3 is 1.20 bits per heavy atom. The molecular formula is C50H96NO14P. The van der Waals surface area contributed by atoms with Crippen LogP contribution in [0, 0.1) is 0 Å². The number of esters is 2. The fourth-order valence-corrected chi connectivity index (χ4v) is 9.26. The van der Waals surface area contributed by atoms with Gasteiger partial charge in [-0.2, -0.15) is 0 Å². The van der Waals surface area contributed by atoms with Gasteiger partial charge in [0.15, 0.2) is 6.10 Å². The number of rotatable bonds is 44. The Bertz CT molecular complexity index is 1260. The monoisotopic (exact) mass is 966 g/mol. The molecule has 0 aromatic rings. The molecule has 1 aliphatic heterocycles. The minimum atomic E-state index is -5.36. The molecule has 1 amide bonds. The van der Waals surface area contributed by atoms with Crippen molar-refractivity contribution in [3.05, 3.63) is 0 Å². The number of hydrogen-bond acceptors (Lipinski definition) is 12. The molecule has 0 aromatic carbocycles. The molecule has 7 N–H and O–H groups in total. The van der Waals surface area contributed by atoms with Crippen molar-refractivity contribution in [2.24, 2.45) is 0 Å². The van der Waals surface area contributed by atoms with Gasteiger partial charge in [0, 0.05) is 0 Å². The number of amides is 1. The normalized spacial score (nSPS) is 20.2. The third-order valence-corrected chi connectivity index (χ3v) is 13.1. The van der Waals surface area contributed by atoms with Gasteiger partial charge in [-0.1, -0.05) is 207 Å². The molecular weight excluding hydrogens is 870 g/mol. The van der Waals surface area contributed by atoms with Crippen LogP contribution in [0.15, 0.2) is 0 Å². The van der Waals surface area contributed by atoms with Crippen LogP contribution < -0.4 is 5.32 Å². The van der Waals surface area contributed by atoms with Gasteiger partial charge in [-0.25, -0.2) is 4.57 Å². The van der Waals surface area contributed by atoms with Gasteiger partial charge < -0.3 is 49.7 Å². The maximum atomic E-state index is 13.6. The molecule has 0 aromatic heterocycles. The van der Waals surface area contributed by atoms with E-state index in [9.17, 15) is 49.2 Å². The number of carbonyl (C=O) groups is 3. The second-order valence-corrected chi connectivity index (χ2v) is 20.1. The highest BCUT2D eigenvalue weighted by molar-refractivity contribution is 7.46. The van der Waals surface area contributed by atoms with Crippen LogP contribution in [0.25, 0.3) is 0 Å². The summed E-state index contributed by atoms with van der Waals surface area (Å²) in [5.41, 5.74) is 0. The van der Waals surface area contributed by atoms with Crippen LogP contribution in [0.1, 0.15) is 245 Å². The molecule has 66 heavy (non-hydrogen) atoms. The van der Waals surface area contributed by atoms with Gasteiger partial charge in [0.1, 0.15) is 18.2 Å². The van der Waals surface area contributed by atoms with E-state index in [1.54, 1.807) is 0 Å². The number of hydrogen-bond donors (Lipinski definition) is 7. The summed E-state index contributed by atoms with van der Waals surface area (Å²) in [7, 11) is -5.36. The quantitative estimate of drug-likeness (QED) is 0.0171. The summed E-state index contributed by atoms with van der Waals surface area (Å²) in [6, 6.07) is -1.64. The molecule has 390 valence electrons. The van der Waals surface area contributed by atoms with Crippen LogP contribution in [-0.4, -0.2) is 104 Å². The minimum Gasteiger partial charge on any atom is -0.457 e. The third kappa shape index (κ3) is 33.0. The molecule has 0 saturated carbocycles. The van der Waals surface area contributed by atoms with Crippen LogP contribution in [0.3, 0.4) is 0 Å². The van der Waals surface area contributed by atoms with E-state index in [0.717, 1.165) is 70.6 Å². The van der Waals surface area contributed by atoms with Gasteiger partial charge in [0.2, 0.25) is 12.2 Å². The molecule has 0 bridgehead atoms. The average Bonchev–Trinajstić information content (AvgIpc) is 3.25. The maximum absolute atomic E-state index is 13.6. The highest BCUT2D eigenvalue weighted by atomic mass is 31.2. The zero-order chi connectivity index (χ0) is 48.8. The van der Waals surface area contributed by atoms with Crippen LogP contribution in [0.2, 0.25) is 0 Å². The highest BCUT2D eigenvalue weighted by Gasteiger charge is 2.53. The maximum Gasteiger partial charge on any atom is 0.470 e. The summed E-state index contributed by atoms with van der Waals surface area (Å²) in [5, 5.41) is 45.2. The van der Waals surface area contributed by atoms with E-state index in [0.29, 0.717) is 38.5 Å². The van der Waals surface area contributed by atoms with Crippen molar-refractivity contribution in [3.8, 4) is 0 Å². The van der Waals surface area contributed by atoms with Crippen LogP contribution in [0.4, 0.5) is 0 Å². The average molecular weight is 966 g/mol. The fourth-order valence-electron chi connectivity index (χ4n) is 8.68. The largest absolute Gasteiger partial charge is 0.470 e. The van der Waals surface area contributed by atoms with Crippen molar-refractivity contribution < 1.29 is 67.9 Å². The lowest BCUT2D eigenvalue weighted by molar-refractivity contribution is -0.265. The van der Waals surface area contributed by atoms with Crippen molar-refractivity contribution in [1.82, 2.24) is 5.32 Å². The predicted molar refractivity (Wildman–Crippen MR) is 257 cm³/mol. The zero-order valence-electron chi connectivity index (χ0n) is 41.5. The van der Waals surface area contributed by atoms with Crippen LogP contribution in [0.5, 0.6) is 0 Å². The number of ether oxygens (including phenoxy) is 3. The molecule has 0 aliphatic carbocycles. The van der Waals surface area contributed by atoms with E-state index in [-0.39, 0.29) is 0 Å². The summed E-state index contributed by atoms with van der Waals surface area (Å²) < 4.78 is 34.4. The SMILES string of the molecule is CCCCCCCCCCCCCCC[C@@H](O)CC(=O)N[C@H]1[C@@H](OC(=O)C[C@H](O)CCCCCCC)O[C@H](CO)[C@@H](OP(=O)(O)O)[C@@H]1OC(=O)C[C@H](O)CCCCCCCCCCCCC. The second kappa shape index (κ2) is 40.1. The minimum absolute atomic E-state index is 0.306. The molecule has 16 heteroatoms. The number of phosphoric acid groups is 1. The Kier molecular flexibility index (Phi) is 37.9. The fraction of sp³-hybridized carbons (Fsp3) is 0.940. The lowest BCUT2D eigenvalue weighted by atomic mass is 9.95. The Hall–Kier alpha value is -1.68. The lowest BCUT2D eigenvalue weighted by Gasteiger charge is -2.44. The van der Waals surface area contributed by atoms with E-state index in [4.69, 9.17) is 18.7 Å². The molecule has 1 saturated heterocycles. The first-order valence-corrected chi connectivity index (χ1v) is 28.0. The Balaban J connectivity index is 2.99. The number of phosphoric ester groups is 1. The molecule has 1 aliphatic rings. The summed E-state index contributed by atoms with van der Waals surface area (Å²) in [4.78, 5) is 60.0. The number of unbranched alkanes of at least 4 members (excludes halogenated alkanes) is 26. The van der Waals surface area contributed by atoms with Crippen molar-refractivity contribution in [2.75, 3.05) is 6.61 Å². The number of aliphatic hydroxyl groups is 4. The van der Waals surface area contributed by atoms with Gasteiger partial charge in [-0.3, -0.25) is 18.9 Å². The van der Waals surface area contributed by atoms with Gasteiger partial charge in [0.05, 0.1) is 44.2 Å². The van der Waals surface area contributed by atoms with Crippen molar-refractivity contribution in [2.45, 2.75) is 294 Å². The summed E-state index contributed by atoms with van der Waals surface area (Å²) >= 11 is 0. The third-order valence-electron chi connectivity index (χ3n) is 12.6. The van der Waals surface area contributed by atoms with Gasteiger partial charge in [-0.05, 0) is 19.3 Å². The smallest absolute Gasteiger partial charge is 0.457 e. The van der Waals surface area contributed by atoms with E-state index in [1.165, 1.54) is 96.3 Å². The first-order chi connectivity index (χ1) is 31.7. The molecule has 8 atom stereocenters. The van der Waals surface area contributed by atoms with E-state index in [1.807, 2.05) is 0 Å². The van der Waals surface area contributed by atoms with Gasteiger partial charge >= 0.3 is 19.8 Å². The summed E-state index contributed by atoms with van der Waals surface area (Å²) in [5.74, 6) is -2.67. The van der Waals surface area contributed by atoms with Crippen molar-refractivity contribution in [3.63, 3.8) is 0 Å². The van der Waals surface area contributed by atoms with Gasteiger partial charge in [-0.15, -0.1) is 0 Å².